The second-order valence-corrected chi connectivity index (χ2v) is 18.7. The summed E-state index contributed by atoms with van der Waals surface area (Å²) in [6.45, 7) is 19.6. The van der Waals surface area contributed by atoms with E-state index in [1.165, 1.54) is 0 Å². The van der Waals surface area contributed by atoms with Crippen LogP contribution in [0.1, 0.15) is 178 Å². The number of unbranched alkanes of at least 4 members (excludes halogenated alkanes) is 6. The maximum Gasteiger partial charge on any atom is 3.00 e. The van der Waals surface area contributed by atoms with Crippen molar-refractivity contribution in [2.75, 3.05) is 38.3 Å². The molecule has 0 aromatic heterocycles. The minimum Gasteiger partial charge on any atom is -0.778 e. The molecule has 0 saturated heterocycles. The summed E-state index contributed by atoms with van der Waals surface area (Å²) in [6, 6.07) is 0. The van der Waals surface area contributed by atoms with E-state index in [0.29, 0.717) is 19.8 Å². The van der Waals surface area contributed by atoms with Crippen molar-refractivity contribution >= 4 is 22.8 Å². The predicted octanol–water partition coefficient (Wildman–Crippen LogP) is 10.7. The van der Waals surface area contributed by atoms with Crippen LogP contribution in [0.15, 0.2) is 0 Å². The van der Waals surface area contributed by atoms with Gasteiger partial charge in [0.15, 0.2) is 0 Å². The Balaban J connectivity index is -0.000000307. The third kappa shape index (κ3) is 40.0. The standard InChI is InChI=1S/3C12H27O3P.Cr/c3*1-4-7-9-12(6-3)11-16(13,14)15-10-8-5-2;/h3*12H,4-11H2,1-3H3,(H,13,14);/q;;;+3/p-3. The molecule has 0 heterocycles. The normalized spacial score (nSPS) is 16.7. The summed E-state index contributed by atoms with van der Waals surface area (Å²) in [7, 11) is -10.8. The van der Waals surface area contributed by atoms with Gasteiger partial charge in [0.25, 0.3) is 0 Å². The average molecular weight is 800 g/mol. The average Bonchev–Trinajstić information content (AvgIpc) is 3.03. The van der Waals surface area contributed by atoms with Gasteiger partial charge in [0.05, 0.1) is 19.8 Å². The van der Waals surface area contributed by atoms with Gasteiger partial charge in [-0.15, -0.1) is 0 Å². The van der Waals surface area contributed by atoms with Crippen LogP contribution in [0.5, 0.6) is 0 Å². The van der Waals surface area contributed by atoms with Crippen molar-refractivity contribution in [3.63, 3.8) is 0 Å². The topological polar surface area (TPSA) is 148 Å². The Hall–Kier alpha value is 0.982. The van der Waals surface area contributed by atoms with Gasteiger partial charge >= 0.3 is 17.4 Å². The van der Waals surface area contributed by atoms with E-state index < -0.39 is 22.8 Å². The Morgan fingerprint density at radius 2 is 0.612 bits per heavy atom. The Morgan fingerprint density at radius 3 is 0.776 bits per heavy atom. The monoisotopic (exact) mass is 799 g/mol. The largest absolute Gasteiger partial charge is 3.00 e. The van der Waals surface area contributed by atoms with Crippen LogP contribution in [0.25, 0.3) is 0 Å². The minimum atomic E-state index is -3.59. The molecule has 0 aliphatic heterocycles. The van der Waals surface area contributed by atoms with Gasteiger partial charge in [0, 0.05) is 18.5 Å². The van der Waals surface area contributed by atoms with E-state index in [1.807, 2.05) is 41.5 Å². The van der Waals surface area contributed by atoms with Crippen LogP contribution in [0, 0.1) is 17.8 Å². The molecule has 0 aliphatic rings. The molecule has 6 atom stereocenters. The summed E-state index contributed by atoms with van der Waals surface area (Å²) in [5.74, 6) is 0.805. The number of hydrogen-bond donors (Lipinski definition) is 0. The second kappa shape index (κ2) is 37.3. The molecule has 1 radical (unpaired) electrons. The molecule has 0 aliphatic carbocycles. The molecule has 0 fully saturated rings. The van der Waals surface area contributed by atoms with E-state index in [9.17, 15) is 28.4 Å². The fourth-order valence-electron chi connectivity index (χ4n) is 4.90. The van der Waals surface area contributed by atoms with Crippen molar-refractivity contribution < 1.29 is 59.3 Å². The molecule has 0 rings (SSSR count). The molecular weight excluding hydrogens is 721 g/mol. The summed E-state index contributed by atoms with van der Waals surface area (Å²) in [6.07, 6.45) is 18.4. The second-order valence-electron chi connectivity index (χ2n) is 13.2. The zero-order valence-electron chi connectivity index (χ0n) is 33.1. The van der Waals surface area contributed by atoms with Crippen molar-refractivity contribution in [2.45, 2.75) is 178 Å². The van der Waals surface area contributed by atoms with E-state index in [4.69, 9.17) is 13.6 Å². The molecular formula is C36H78CrO9P3. The predicted molar refractivity (Wildman–Crippen MR) is 200 cm³/mol. The van der Waals surface area contributed by atoms with Crippen molar-refractivity contribution in [2.24, 2.45) is 17.8 Å². The maximum absolute atomic E-state index is 11.6. The van der Waals surface area contributed by atoms with E-state index in [1.54, 1.807) is 0 Å². The van der Waals surface area contributed by atoms with Crippen molar-refractivity contribution in [3.8, 4) is 0 Å². The molecule has 0 saturated carbocycles. The summed E-state index contributed by atoms with van der Waals surface area (Å²) in [4.78, 5) is 34.9. The molecule has 0 aromatic rings. The molecule has 0 amide bonds. The molecule has 0 spiro atoms. The first-order valence-electron chi connectivity index (χ1n) is 19.5. The molecule has 0 bridgehead atoms. The van der Waals surface area contributed by atoms with Gasteiger partial charge in [-0.3, -0.25) is 0 Å². The van der Waals surface area contributed by atoms with Gasteiger partial charge in [-0.25, -0.2) is 0 Å². The third-order valence-corrected chi connectivity index (χ3v) is 13.1. The van der Waals surface area contributed by atoms with Crippen LogP contribution in [-0.4, -0.2) is 38.3 Å². The molecule has 0 aromatic carbocycles. The van der Waals surface area contributed by atoms with E-state index >= 15 is 0 Å². The van der Waals surface area contributed by atoms with Gasteiger partial charge in [0.2, 0.25) is 0 Å². The van der Waals surface area contributed by atoms with Crippen molar-refractivity contribution in [3.05, 3.63) is 0 Å². The zero-order valence-corrected chi connectivity index (χ0v) is 37.1. The Labute approximate surface area is 315 Å². The molecule has 9 nitrogen and oxygen atoms in total. The Kier molecular flexibility index (Phi) is 43.2. The van der Waals surface area contributed by atoms with Gasteiger partial charge in [-0.1, -0.05) is 139 Å². The molecule has 297 valence electrons. The molecule has 0 N–H and O–H groups in total. The van der Waals surface area contributed by atoms with Crippen LogP contribution in [-0.2, 0) is 44.6 Å². The van der Waals surface area contributed by atoms with E-state index in [-0.39, 0.29) is 53.6 Å². The molecule has 49 heavy (non-hydrogen) atoms. The zero-order chi connectivity index (χ0) is 37.3. The molecule has 6 unspecified atom stereocenters. The van der Waals surface area contributed by atoms with Gasteiger partial charge < -0.3 is 41.9 Å². The number of rotatable bonds is 30. The fourth-order valence-corrected chi connectivity index (χ4v) is 9.66. The first-order valence-corrected chi connectivity index (χ1v) is 24.7. The summed E-state index contributed by atoms with van der Waals surface area (Å²) in [5, 5.41) is 0. The first-order chi connectivity index (χ1) is 22.7. The first kappa shape index (κ1) is 56.7. The Morgan fingerprint density at radius 1 is 0.408 bits per heavy atom. The quantitative estimate of drug-likeness (QED) is 0.0511. The van der Waals surface area contributed by atoms with Gasteiger partial charge in [-0.05, 0) is 56.3 Å². The van der Waals surface area contributed by atoms with Crippen LogP contribution >= 0.6 is 22.8 Å². The maximum atomic E-state index is 11.6. The van der Waals surface area contributed by atoms with Crippen LogP contribution in [0.4, 0.5) is 0 Å². The van der Waals surface area contributed by atoms with Gasteiger partial charge in [-0.2, -0.15) is 0 Å². The van der Waals surface area contributed by atoms with E-state index in [2.05, 4.69) is 20.8 Å². The van der Waals surface area contributed by atoms with Gasteiger partial charge in [0.1, 0.15) is 22.8 Å². The van der Waals surface area contributed by atoms with Crippen molar-refractivity contribution in [1.29, 1.82) is 0 Å². The van der Waals surface area contributed by atoms with Crippen LogP contribution in [0.2, 0.25) is 0 Å². The Bertz CT molecular complexity index is 731. The minimum absolute atomic E-state index is 0. The van der Waals surface area contributed by atoms with Crippen molar-refractivity contribution in [1.82, 2.24) is 0 Å². The van der Waals surface area contributed by atoms with Crippen LogP contribution < -0.4 is 14.7 Å². The van der Waals surface area contributed by atoms with Crippen LogP contribution in [0.3, 0.4) is 0 Å². The summed E-state index contributed by atoms with van der Waals surface area (Å²) < 4.78 is 49.9. The summed E-state index contributed by atoms with van der Waals surface area (Å²) in [5.41, 5.74) is 0. The van der Waals surface area contributed by atoms with E-state index in [0.717, 1.165) is 116 Å². The summed E-state index contributed by atoms with van der Waals surface area (Å²) >= 11 is 0. The molecule has 13 heteroatoms. The third-order valence-electron chi connectivity index (χ3n) is 8.43. The SMILES string of the molecule is CCCCOP(=O)([O-])CC(CC)CCCC.CCCCOP(=O)([O-])CC(CC)CCCC.CCCCOP(=O)([O-])CC(CC)CCCC.[Cr+3]. The smallest absolute Gasteiger partial charge is 0.778 e. The number of hydrogen-bond acceptors (Lipinski definition) is 9. The fraction of sp³-hybridized carbons (Fsp3) is 1.00.